The van der Waals surface area contributed by atoms with Gasteiger partial charge in [0.2, 0.25) is 5.95 Å². The molecule has 2 aliphatic heterocycles. The van der Waals surface area contributed by atoms with Gasteiger partial charge in [0.1, 0.15) is 11.6 Å². The number of aromatic nitrogens is 3. The summed E-state index contributed by atoms with van der Waals surface area (Å²) in [6, 6.07) is 6.56. The van der Waals surface area contributed by atoms with Crippen molar-refractivity contribution in [3.63, 3.8) is 0 Å². The van der Waals surface area contributed by atoms with Crippen LogP contribution in [0.4, 0.5) is 17.6 Å². The van der Waals surface area contributed by atoms with Crippen LogP contribution in [0.1, 0.15) is 12.1 Å². The molecule has 0 spiro atoms. The normalized spacial score (nSPS) is 20.2. The Morgan fingerprint density at radius 1 is 1.11 bits per heavy atom. The molecule has 0 N–H and O–H groups in total. The zero-order chi connectivity index (χ0) is 18.8. The van der Waals surface area contributed by atoms with Crippen molar-refractivity contribution >= 4 is 33.5 Å². The first kappa shape index (κ1) is 18.4. The summed E-state index contributed by atoms with van der Waals surface area (Å²) in [6.45, 7) is 7.15. The van der Waals surface area contributed by atoms with Crippen molar-refractivity contribution in [3.05, 3.63) is 34.6 Å². The van der Waals surface area contributed by atoms with Gasteiger partial charge in [0.05, 0.1) is 18.9 Å². The van der Waals surface area contributed by atoms with E-state index < -0.39 is 0 Å². The van der Waals surface area contributed by atoms with Gasteiger partial charge < -0.3 is 19.4 Å². The molecule has 1 atom stereocenters. The molecule has 8 heteroatoms. The second kappa shape index (κ2) is 7.98. The Labute approximate surface area is 168 Å². The third kappa shape index (κ3) is 4.01. The topological polar surface area (TPSA) is 57.6 Å². The summed E-state index contributed by atoms with van der Waals surface area (Å²) in [6.07, 6.45) is 2.94. The van der Waals surface area contributed by atoms with Gasteiger partial charge in [0.15, 0.2) is 0 Å². The Hall–Kier alpha value is -1.93. The molecule has 0 aliphatic carbocycles. The van der Waals surface area contributed by atoms with E-state index in [2.05, 4.69) is 54.8 Å². The number of hydrogen-bond acceptors (Lipinski definition) is 7. The van der Waals surface area contributed by atoms with Crippen molar-refractivity contribution < 1.29 is 4.74 Å². The van der Waals surface area contributed by atoms with E-state index in [-0.39, 0.29) is 0 Å². The van der Waals surface area contributed by atoms with E-state index in [1.54, 1.807) is 0 Å². The zero-order valence-electron chi connectivity index (χ0n) is 15.8. The van der Waals surface area contributed by atoms with E-state index in [1.165, 1.54) is 0 Å². The summed E-state index contributed by atoms with van der Waals surface area (Å²) in [4.78, 5) is 20.8. The first-order valence-electron chi connectivity index (χ1n) is 9.38. The van der Waals surface area contributed by atoms with Crippen LogP contribution >= 0.6 is 15.9 Å². The van der Waals surface area contributed by atoms with Gasteiger partial charge in [-0.1, -0.05) is 0 Å². The first-order chi connectivity index (χ1) is 13.1. The van der Waals surface area contributed by atoms with Crippen molar-refractivity contribution in [1.29, 1.82) is 0 Å². The minimum absolute atomic E-state index is 0.406. The van der Waals surface area contributed by atoms with Crippen LogP contribution in [0.2, 0.25) is 0 Å². The van der Waals surface area contributed by atoms with Crippen molar-refractivity contribution in [1.82, 2.24) is 15.0 Å². The maximum Gasteiger partial charge on any atom is 0.227 e. The molecule has 4 heterocycles. The van der Waals surface area contributed by atoms with E-state index in [0.29, 0.717) is 6.04 Å². The highest BCUT2D eigenvalue weighted by Crippen LogP contribution is 2.26. The molecular formula is C19H25BrN6O. The van der Waals surface area contributed by atoms with Gasteiger partial charge in [-0.25, -0.2) is 9.97 Å². The van der Waals surface area contributed by atoms with Gasteiger partial charge in [0.25, 0.3) is 0 Å². The van der Waals surface area contributed by atoms with E-state index in [0.717, 1.165) is 73.6 Å². The average molecular weight is 433 g/mol. The molecule has 2 aromatic heterocycles. The van der Waals surface area contributed by atoms with Crippen LogP contribution in [0.5, 0.6) is 0 Å². The van der Waals surface area contributed by atoms with E-state index in [9.17, 15) is 0 Å². The second-order valence-electron chi connectivity index (χ2n) is 7.05. The van der Waals surface area contributed by atoms with Crippen molar-refractivity contribution in [2.24, 2.45) is 0 Å². The second-order valence-corrected chi connectivity index (χ2v) is 7.90. The number of hydrogen-bond donors (Lipinski definition) is 0. The lowest BCUT2D eigenvalue weighted by atomic mass is 10.2. The first-order valence-corrected chi connectivity index (χ1v) is 10.2. The zero-order valence-corrected chi connectivity index (χ0v) is 17.4. The lowest BCUT2D eigenvalue weighted by molar-refractivity contribution is 0.122. The molecule has 2 fully saturated rings. The monoisotopic (exact) mass is 432 g/mol. The molecule has 0 saturated carbocycles. The van der Waals surface area contributed by atoms with Gasteiger partial charge in [-0.05, 0) is 47.5 Å². The summed E-state index contributed by atoms with van der Waals surface area (Å²) in [7, 11) is 2.12. The summed E-state index contributed by atoms with van der Waals surface area (Å²) in [5.41, 5.74) is 1.02. The quantitative estimate of drug-likeness (QED) is 0.735. The molecule has 144 valence electrons. The number of rotatable bonds is 4. The maximum atomic E-state index is 5.43. The molecule has 2 saturated heterocycles. The third-order valence-electron chi connectivity index (χ3n) is 5.33. The van der Waals surface area contributed by atoms with Crippen molar-refractivity contribution in [3.8, 4) is 0 Å². The largest absolute Gasteiger partial charge is 0.378 e. The van der Waals surface area contributed by atoms with Crippen molar-refractivity contribution in [2.75, 3.05) is 61.1 Å². The number of ether oxygens (including phenoxy) is 1. The Kier molecular flexibility index (Phi) is 5.45. The van der Waals surface area contributed by atoms with Crippen LogP contribution in [0, 0.1) is 6.92 Å². The van der Waals surface area contributed by atoms with Crippen LogP contribution in [-0.2, 0) is 4.74 Å². The smallest absolute Gasteiger partial charge is 0.227 e. The Bertz CT molecular complexity index is 798. The number of anilines is 3. The number of aryl methyl sites for hydroxylation is 1. The highest BCUT2D eigenvalue weighted by atomic mass is 79.9. The van der Waals surface area contributed by atoms with Crippen LogP contribution in [0.3, 0.4) is 0 Å². The number of nitrogens with zero attached hydrogens (tertiary/aromatic N) is 6. The molecular weight excluding hydrogens is 408 g/mol. The molecule has 0 radical (unpaired) electrons. The Morgan fingerprint density at radius 2 is 1.93 bits per heavy atom. The van der Waals surface area contributed by atoms with Crippen LogP contribution in [0.25, 0.3) is 0 Å². The summed E-state index contributed by atoms with van der Waals surface area (Å²) in [5, 5.41) is 0. The third-order valence-corrected chi connectivity index (χ3v) is 6.16. The van der Waals surface area contributed by atoms with Crippen LogP contribution < -0.4 is 14.7 Å². The number of likely N-dealkylation sites (N-methyl/N-ethyl adjacent to an activating group) is 1. The molecule has 0 bridgehead atoms. The van der Waals surface area contributed by atoms with Gasteiger partial charge in [-0.15, -0.1) is 0 Å². The summed E-state index contributed by atoms with van der Waals surface area (Å²) in [5.74, 6) is 2.81. The van der Waals surface area contributed by atoms with E-state index in [4.69, 9.17) is 14.7 Å². The fourth-order valence-electron chi connectivity index (χ4n) is 3.61. The summed E-state index contributed by atoms with van der Waals surface area (Å²) < 4.78 is 6.48. The molecule has 1 unspecified atom stereocenters. The predicted octanol–water partition coefficient (Wildman–Crippen LogP) is 2.49. The van der Waals surface area contributed by atoms with Crippen molar-refractivity contribution in [2.45, 2.75) is 19.4 Å². The minimum Gasteiger partial charge on any atom is -0.378 e. The summed E-state index contributed by atoms with van der Waals surface area (Å²) >= 11 is 3.53. The maximum absolute atomic E-state index is 5.43. The number of morpholine rings is 1. The Balaban J connectivity index is 1.45. The van der Waals surface area contributed by atoms with Gasteiger partial charge >= 0.3 is 0 Å². The fraction of sp³-hybridized carbons (Fsp3) is 0.526. The number of pyridine rings is 1. The van der Waals surface area contributed by atoms with Crippen LogP contribution in [-0.4, -0.2) is 67.4 Å². The molecule has 4 rings (SSSR count). The molecule has 2 aromatic rings. The van der Waals surface area contributed by atoms with Gasteiger partial charge in [-0.2, -0.15) is 4.98 Å². The molecule has 0 aromatic carbocycles. The lowest BCUT2D eigenvalue weighted by Crippen LogP contribution is -2.38. The molecule has 0 amide bonds. The highest BCUT2D eigenvalue weighted by Gasteiger charge is 2.28. The van der Waals surface area contributed by atoms with Crippen LogP contribution in [0.15, 0.2) is 28.9 Å². The molecule has 27 heavy (non-hydrogen) atoms. The van der Waals surface area contributed by atoms with E-state index >= 15 is 0 Å². The lowest BCUT2D eigenvalue weighted by Gasteiger charge is -2.29. The minimum atomic E-state index is 0.406. The highest BCUT2D eigenvalue weighted by molar-refractivity contribution is 9.10. The van der Waals surface area contributed by atoms with Gasteiger partial charge in [-0.3, -0.25) is 0 Å². The fourth-order valence-corrected chi connectivity index (χ4v) is 3.83. The number of halogens is 1. The molecule has 2 aliphatic rings. The molecule has 7 nitrogen and oxygen atoms in total. The standard InChI is InChI=1S/C19H25BrN6O/c1-14-16(20)3-4-18(22-14)26-8-6-15(13-26)24(2)17-5-7-21-19(23-17)25-9-11-27-12-10-25/h3-5,7,15H,6,8-13H2,1-2H3. The Morgan fingerprint density at radius 3 is 2.70 bits per heavy atom. The average Bonchev–Trinajstić information content (AvgIpc) is 3.20. The van der Waals surface area contributed by atoms with E-state index in [1.807, 2.05) is 19.2 Å². The predicted molar refractivity (Wildman–Crippen MR) is 111 cm³/mol. The SMILES string of the molecule is Cc1nc(N2CCC(N(C)c3ccnc(N4CCOCC4)n3)C2)ccc1Br. The van der Waals surface area contributed by atoms with Gasteiger partial charge in [0, 0.05) is 49.9 Å².